The lowest BCUT2D eigenvalue weighted by atomic mass is 10.1. The van der Waals surface area contributed by atoms with Crippen molar-refractivity contribution in [3.05, 3.63) is 70.1 Å². The summed E-state index contributed by atoms with van der Waals surface area (Å²) in [5.41, 5.74) is -2.89. The highest BCUT2D eigenvalue weighted by Crippen LogP contribution is 2.31. The molecule has 0 fully saturated rings. The Balaban J connectivity index is 1.89. The number of halogens is 3. The Morgan fingerprint density at radius 2 is 1.74 bits per heavy atom. The second kappa shape index (κ2) is 8.18. The molecule has 2 aromatic carbocycles. The topological polar surface area (TPSA) is 144 Å². The van der Waals surface area contributed by atoms with Gasteiger partial charge in [0.25, 0.3) is 5.56 Å². The van der Waals surface area contributed by atoms with E-state index in [2.05, 4.69) is 20.6 Å². The number of nitrogens with one attached hydrogen (secondary N) is 3. The van der Waals surface area contributed by atoms with Crippen LogP contribution in [0.2, 0.25) is 0 Å². The lowest BCUT2D eigenvalue weighted by Crippen LogP contribution is -2.21. The molecule has 0 saturated carbocycles. The van der Waals surface area contributed by atoms with E-state index < -0.39 is 40.7 Å². The van der Waals surface area contributed by atoms with Gasteiger partial charge in [-0.15, -0.1) is 0 Å². The van der Waals surface area contributed by atoms with Crippen molar-refractivity contribution in [2.75, 3.05) is 10.6 Å². The van der Waals surface area contributed by atoms with Crippen LogP contribution in [0.4, 0.5) is 29.3 Å². The van der Waals surface area contributed by atoms with Crippen LogP contribution >= 0.6 is 0 Å². The minimum Gasteiger partial charge on any atom is -0.501 e. The number of alkyl halides is 3. The average molecular weight is 434 g/mol. The zero-order valence-electron chi connectivity index (χ0n) is 15.3. The van der Waals surface area contributed by atoms with Gasteiger partial charge in [-0.05, 0) is 30.3 Å². The number of carboxylic acid groups (broad SMARTS) is 1. The van der Waals surface area contributed by atoms with Crippen LogP contribution in [-0.4, -0.2) is 32.2 Å². The van der Waals surface area contributed by atoms with E-state index in [-0.39, 0.29) is 22.8 Å². The van der Waals surface area contributed by atoms with Gasteiger partial charge >= 0.3 is 18.2 Å². The summed E-state index contributed by atoms with van der Waals surface area (Å²) >= 11 is 0. The number of rotatable bonds is 4. The first kappa shape index (κ1) is 21.4. The Kier molecular flexibility index (Phi) is 5.64. The SMILES string of the molecule is O=C(Nc1cccc(C(F)(F)F)c1)Nc1ccccc1-c1nc(C(=O)O)c(O)c(=O)[nH]1. The fourth-order valence-corrected chi connectivity index (χ4v) is 2.60. The van der Waals surface area contributed by atoms with Crippen LogP contribution in [-0.2, 0) is 6.18 Å². The van der Waals surface area contributed by atoms with Crippen LogP contribution in [0.25, 0.3) is 11.4 Å². The number of aromatic nitrogens is 2. The number of hydrogen-bond donors (Lipinski definition) is 5. The number of carbonyl (C=O) groups excluding carboxylic acids is 1. The molecule has 5 N–H and O–H groups in total. The molecule has 0 unspecified atom stereocenters. The summed E-state index contributed by atoms with van der Waals surface area (Å²) in [7, 11) is 0. The van der Waals surface area contributed by atoms with Gasteiger partial charge in [0.15, 0.2) is 5.69 Å². The standard InChI is InChI=1S/C19H13F3N4O5/c20-19(21,22)9-4-3-5-10(8-9)23-18(31)24-12-7-2-1-6-11(12)15-25-13(17(29)30)14(27)16(28)26-15/h1-8,27H,(H,29,30)(H2,23,24,31)(H,25,26,28). The quantitative estimate of drug-likeness (QED) is 0.425. The van der Waals surface area contributed by atoms with Crippen LogP contribution < -0.4 is 16.2 Å². The monoisotopic (exact) mass is 434 g/mol. The molecular formula is C19H13F3N4O5. The van der Waals surface area contributed by atoms with Crippen molar-refractivity contribution >= 4 is 23.4 Å². The van der Waals surface area contributed by atoms with Gasteiger partial charge in [-0.3, -0.25) is 4.79 Å². The van der Waals surface area contributed by atoms with Gasteiger partial charge in [0.1, 0.15) is 5.82 Å². The lowest BCUT2D eigenvalue weighted by Gasteiger charge is -2.13. The second-order valence-corrected chi connectivity index (χ2v) is 6.12. The molecule has 3 aromatic rings. The number of amides is 2. The first-order valence-corrected chi connectivity index (χ1v) is 8.47. The van der Waals surface area contributed by atoms with Crippen molar-refractivity contribution in [1.29, 1.82) is 0 Å². The van der Waals surface area contributed by atoms with E-state index in [9.17, 15) is 32.7 Å². The first-order valence-electron chi connectivity index (χ1n) is 8.47. The van der Waals surface area contributed by atoms with Crippen molar-refractivity contribution in [1.82, 2.24) is 9.97 Å². The number of carboxylic acids is 1. The number of para-hydroxylation sites is 1. The molecule has 12 heteroatoms. The third-order valence-corrected chi connectivity index (χ3v) is 3.98. The van der Waals surface area contributed by atoms with E-state index in [0.717, 1.165) is 18.2 Å². The fraction of sp³-hybridized carbons (Fsp3) is 0.0526. The number of aromatic carboxylic acids is 1. The summed E-state index contributed by atoms with van der Waals surface area (Å²) in [5.74, 6) is -2.98. The number of anilines is 2. The van der Waals surface area contributed by atoms with Crippen LogP contribution in [0.1, 0.15) is 16.1 Å². The predicted octanol–water partition coefficient (Wildman–Crippen LogP) is 3.50. The molecule has 0 spiro atoms. The molecule has 160 valence electrons. The average Bonchev–Trinajstić information content (AvgIpc) is 2.69. The third-order valence-electron chi connectivity index (χ3n) is 3.98. The highest BCUT2D eigenvalue weighted by Gasteiger charge is 2.30. The number of nitrogens with zero attached hydrogens (tertiary/aromatic N) is 1. The molecule has 0 saturated heterocycles. The van der Waals surface area contributed by atoms with Crippen molar-refractivity contribution in [2.45, 2.75) is 6.18 Å². The molecule has 0 radical (unpaired) electrons. The van der Waals surface area contributed by atoms with Gasteiger partial charge in [-0.1, -0.05) is 18.2 Å². The minimum absolute atomic E-state index is 0.0668. The summed E-state index contributed by atoms with van der Waals surface area (Å²) in [6.07, 6.45) is -4.58. The smallest absolute Gasteiger partial charge is 0.416 e. The maximum atomic E-state index is 12.8. The maximum Gasteiger partial charge on any atom is 0.416 e. The van der Waals surface area contributed by atoms with Gasteiger partial charge in [0.2, 0.25) is 5.75 Å². The summed E-state index contributed by atoms with van der Waals surface area (Å²) in [4.78, 5) is 41.2. The number of carbonyl (C=O) groups is 2. The summed E-state index contributed by atoms with van der Waals surface area (Å²) in [5, 5.41) is 23.3. The van der Waals surface area contributed by atoms with E-state index in [1.165, 1.54) is 30.3 Å². The number of urea groups is 1. The second-order valence-electron chi connectivity index (χ2n) is 6.12. The Hall–Kier alpha value is -4.35. The Bertz CT molecular complexity index is 1220. The van der Waals surface area contributed by atoms with Crippen molar-refractivity contribution in [3.8, 4) is 17.1 Å². The van der Waals surface area contributed by atoms with E-state index >= 15 is 0 Å². The molecule has 2 amide bonds. The largest absolute Gasteiger partial charge is 0.501 e. The number of benzene rings is 2. The fourth-order valence-electron chi connectivity index (χ4n) is 2.60. The molecule has 1 heterocycles. The van der Waals surface area contributed by atoms with Gasteiger partial charge in [0.05, 0.1) is 11.3 Å². The van der Waals surface area contributed by atoms with Crippen molar-refractivity contribution in [3.63, 3.8) is 0 Å². The number of aromatic hydroxyl groups is 1. The highest BCUT2D eigenvalue weighted by molar-refractivity contribution is 6.02. The molecule has 31 heavy (non-hydrogen) atoms. The first-order chi connectivity index (χ1) is 14.6. The molecule has 1 aromatic heterocycles. The normalized spacial score (nSPS) is 11.1. The highest BCUT2D eigenvalue weighted by atomic mass is 19.4. The summed E-state index contributed by atoms with van der Waals surface area (Å²) in [6, 6.07) is 8.93. The molecule has 3 rings (SSSR count). The minimum atomic E-state index is -4.58. The predicted molar refractivity (Wildman–Crippen MR) is 103 cm³/mol. The maximum absolute atomic E-state index is 12.8. The third kappa shape index (κ3) is 4.80. The molecule has 0 aliphatic carbocycles. The molecule has 9 nitrogen and oxygen atoms in total. The van der Waals surface area contributed by atoms with Gasteiger partial charge in [0, 0.05) is 11.3 Å². The van der Waals surface area contributed by atoms with Crippen LogP contribution in [0.5, 0.6) is 5.75 Å². The van der Waals surface area contributed by atoms with E-state index in [1.807, 2.05) is 0 Å². The molecular weight excluding hydrogens is 421 g/mol. The van der Waals surface area contributed by atoms with Crippen molar-refractivity contribution < 1.29 is 33.0 Å². The number of H-pyrrole nitrogens is 1. The Morgan fingerprint density at radius 3 is 2.42 bits per heavy atom. The number of hydrogen-bond acceptors (Lipinski definition) is 5. The molecule has 0 aliphatic rings. The van der Waals surface area contributed by atoms with E-state index in [1.54, 1.807) is 0 Å². The van der Waals surface area contributed by atoms with Crippen LogP contribution in [0, 0.1) is 0 Å². The molecule has 0 bridgehead atoms. The lowest BCUT2D eigenvalue weighted by molar-refractivity contribution is -0.137. The van der Waals surface area contributed by atoms with Gasteiger partial charge in [-0.2, -0.15) is 13.2 Å². The van der Waals surface area contributed by atoms with Gasteiger partial charge < -0.3 is 25.8 Å². The zero-order chi connectivity index (χ0) is 22.8. The van der Waals surface area contributed by atoms with Crippen LogP contribution in [0.3, 0.4) is 0 Å². The Labute approximate surface area is 171 Å². The van der Waals surface area contributed by atoms with Crippen LogP contribution in [0.15, 0.2) is 53.3 Å². The van der Waals surface area contributed by atoms with Gasteiger partial charge in [-0.25, -0.2) is 14.6 Å². The Morgan fingerprint density at radius 1 is 1.03 bits per heavy atom. The van der Waals surface area contributed by atoms with E-state index in [0.29, 0.717) is 0 Å². The molecule has 0 atom stereocenters. The van der Waals surface area contributed by atoms with E-state index in [4.69, 9.17) is 5.11 Å². The summed E-state index contributed by atoms with van der Waals surface area (Å²) in [6.45, 7) is 0. The summed E-state index contributed by atoms with van der Waals surface area (Å²) < 4.78 is 38.5. The van der Waals surface area contributed by atoms with Crippen molar-refractivity contribution in [2.24, 2.45) is 0 Å². The molecule has 0 aliphatic heterocycles. The zero-order valence-corrected chi connectivity index (χ0v) is 15.3. The number of aromatic amines is 1.